The zero-order chi connectivity index (χ0) is 20.8. The van der Waals surface area contributed by atoms with Gasteiger partial charge in [0, 0.05) is 22.0 Å². The Bertz CT molecular complexity index is 1080. The molecule has 150 valence electrons. The zero-order valence-corrected chi connectivity index (χ0v) is 16.4. The molecule has 0 spiro atoms. The van der Waals surface area contributed by atoms with Crippen LogP contribution in [0, 0.1) is 6.92 Å². The number of benzene rings is 2. The summed E-state index contributed by atoms with van der Waals surface area (Å²) in [5.41, 5.74) is -0.606. The van der Waals surface area contributed by atoms with Gasteiger partial charge in [-0.2, -0.15) is 18.3 Å². The minimum atomic E-state index is -4.73. The second-order valence-corrected chi connectivity index (χ2v) is 7.50. The van der Waals surface area contributed by atoms with E-state index < -0.39 is 18.2 Å². The van der Waals surface area contributed by atoms with Gasteiger partial charge in [-0.25, -0.2) is 9.67 Å². The molecular weight excluding hydrogens is 428 g/mol. The van der Waals surface area contributed by atoms with Gasteiger partial charge in [0.05, 0.1) is 11.4 Å². The molecule has 1 aliphatic rings. The van der Waals surface area contributed by atoms with Crippen molar-refractivity contribution in [3.8, 4) is 5.69 Å². The Morgan fingerprint density at radius 2 is 1.83 bits per heavy atom. The summed E-state index contributed by atoms with van der Waals surface area (Å²) in [5.74, 6) is 0. The van der Waals surface area contributed by atoms with E-state index >= 15 is 0 Å². The van der Waals surface area contributed by atoms with Crippen LogP contribution in [-0.4, -0.2) is 26.7 Å². The molecule has 1 aromatic heterocycles. The molecule has 0 fully saturated rings. The molecule has 0 saturated heterocycles. The topological polar surface area (TPSA) is 52.3 Å². The third-order valence-electron chi connectivity index (χ3n) is 4.71. The van der Waals surface area contributed by atoms with Crippen molar-refractivity contribution in [1.29, 1.82) is 0 Å². The highest BCUT2D eigenvalue weighted by Gasteiger charge is 2.62. The quantitative estimate of drug-likeness (QED) is 0.542. The van der Waals surface area contributed by atoms with Crippen LogP contribution in [0.5, 0.6) is 0 Å². The molecule has 1 unspecified atom stereocenters. The van der Waals surface area contributed by atoms with Crippen molar-refractivity contribution in [2.24, 2.45) is 5.16 Å². The fourth-order valence-corrected chi connectivity index (χ4v) is 3.80. The van der Waals surface area contributed by atoms with E-state index in [1.165, 1.54) is 30.9 Å². The van der Waals surface area contributed by atoms with Gasteiger partial charge < -0.3 is 4.84 Å². The second-order valence-electron chi connectivity index (χ2n) is 6.63. The van der Waals surface area contributed by atoms with Crippen molar-refractivity contribution in [2.75, 3.05) is 0 Å². The van der Waals surface area contributed by atoms with Crippen molar-refractivity contribution >= 4 is 28.9 Å². The maximum atomic E-state index is 14.1. The van der Waals surface area contributed by atoms with Crippen molar-refractivity contribution in [2.45, 2.75) is 25.1 Å². The Morgan fingerprint density at radius 1 is 1.10 bits per heavy atom. The third-order valence-corrected chi connectivity index (χ3v) is 5.15. The number of hydrogen-bond acceptors (Lipinski definition) is 4. The molecule has 3 aromatic rings. The van der Waals surface area contributed by atoms with Crippen molar-refractivity contribution < 1.29 is 18.0 Å². The number of oxime groups is 1. The lowest BCUT2D eigenvalue weighted by Crippen LogP contribution is -2.42. The zero-order valence-electron chi connectivity index (χ0n) is 14.9. The van der Waals surface area contributed by atoms with Gasteiger partial charge >= 0.3 is 6.18 Å². The Hall–Kier alpha value is -2.58. The van der Waals surface area contributed by atoms with Crippen molar-refractivity contribution in [1.82, 2.24) is 14.8 Å². The monoisotopic (exact) mass is 440 g/mol. The third kappa shape index (κ3) is 3.47. The fourth-order valence-electron chi connectivity index (χ4n) is 3.27. The summed E-state index contributed by atoms with van der Waals surface area (Å²) in [6.45, 7) is 1.82. The van der Waals surface area contributed by atoms with Crippen LogP contribution in [0.4, 0.5) is 13.2 Å². The summed E-state index contributed by atoms with van der Waals surface area (Å²) >= 11 is 11.8. The first kappa shape index (κ1) is 19.7. The molecular formula is C19H13Cl2F3N4O. The normalized spacial score (nSPS) is 19.2. The molecule has 5 nitrogen and oxygen atoms in total. The number of hydrogen-bond donors (Lipinski definition) is 0. The first-order valence-electron chi connectivity index (χ1n) is 8.44. The van der Waals surface area contributed by atoms with E-state index in [0.29, 0.717) is 5.56 Å². The molecule has 1 aliphatic heterocycles. The number of aromatic nitrogens is 3. The first-order chi connectivity index (χ1) is 13.7. The second kappa shape index (κ2) is 7.03. The van der Waals surface area contributed by atoms with Crippen molar-refractivity contribution in [3.05, 3.63) is 75.8 Å². The van der Waals surface area contributed by atoms with E-state index in [1.807, 2.05) is 6.92 Å². The van der Waals surface area contributed by atoms with E-state index in [-0.39, 0.29) is 21.3 Å². The van der Waals surface area contributed by atoms with Crippen LogP contribution in [-0.2, 0) is 10.4 Å². The first-order valence-corrected chi connectivity index (χ1v) is 9.19. The Balaban J connectivity index is 1.71. The molecule has 0 N–H and O–H groups in total. The number of rotatable bonds is 3. The highest BCUT2D eigenvalue weighted by atomic mass is 35.5. The number of nitrogens with zero attached hydrogens (tertiary/aromatic N) is 4. The van der Waals surface area contributed by atoms with Crippen LogP contribution in [0.15, 0.2) is 54.2 Å². The maximum Gasteiger partial charge on any atom is 0.435 e. The molecule has 0 bridgehead atoms. The average molecular weight is 441 g/mol. The lowest BCUT2D eigenvalue weighted by Gasteiger charge is -2.29. The van der Waals surface area contributed by atoms with Gasteiger partial charge in [0.1, 0.15) is 12.7 Å². The van der Waals surface area contributed by atoms with Gasteiger partial charge in [-0.05, 0) is 48.4 Å². The van der Waals surface area contributed by atoms with Crippen molar-refractivity contribution in [3.63, 3.8) is 0 Å². The van der Waals surface area contributed by atoms with Crippen LogP contribution >= 0.6 is 23.2 Å². The average Bonchev–Trinajstić information content (AvgIpc) is 3.31. The van der Waals surface area contributed by atoms with Gasteiger partial charge in [-0.15, -0.1) is 0 Å². The van der Waals surface area contributed by atoms with Crippen LogP contribution in [0.3, 0.4) is 0 Å². The molecule has 2 heterocycles. The minimum absolute atomic E-state index is 0.0844. The lowest BCUT2D eigenvalue weighted by atomic mass is 9.86. The molecule has 4 rings (SSSR count). The number of halogens is 5. The summed E-state index contributed by atoms with van der Waals surface area (Å²) in [4.78, 5) is 8.92. The Labute approximate surface area is 173 Å². The largest absolute Gasteiger partial charge is 0.435 e. The van der Waals surface area contributed by atoms with Gasteiger partial charge in [-0.1, -0.05) is 34.4 Å². The summed E-state index contributed by atoms with van der Waals surface area (Å²) in [6, 6.07) is 8.89. The molecule has 29 heavy (non-hydrogen) atoms. The standard InChI is InChI=1S/C19H13Cl2F3N4O/c1-11-4-12(2-3-17(11)28-10-25-9-26-28)16-8-18(29-27-16,19(22,23)24)13-5-14(20)7-15(21)6-13/h2-7,9-10H,8H2,1H3. The van der Waals surface area contributed by atoms with E-state index in [2.05, 4.69) is 15.2 Å². The molecule has 0 radical (unpaired) electrons. The predicted octanol–water partition coefficient (Wildman–Crippen LogP) is 5.46. The van der Waals surface area contributed by atoms with Crippen LogP contribution in [0.2, 0.25) is 10.0 Å². The van der Waals surface area contributed by atoms with Crippen LogP contribution in [0.1, 0.15) is 23.1 Å². The minimum Gasteiger partial charge on any atom is -0.374 e. The molecule has 0 amide bonds. The number of alkyl halides is 3. The molecule has 0 saturated carbocycles. The van der Waals surface area contributed by atoms with E-state index in [0.717, 1.165) is 11.3 Å². The predicted molar refractivity (Wildman–Crippen MR) is 103 cm³/mol. The summed E-state index contributed by atoms with van der Waals surface area (Å²) < 4.78 is 43.8. The molecule has 2 aromatic carbocycles. The fraction of sp³-hybridized carbons (Fsp3) is 0.211. The SMILES string of the molecule is Cc1cc(C2=NOC(c3cc(Cl)cc(Cl)c3)(C(F)(F)F)C2)ccc1-n1cncn1. The van der Waals surface area contributed by atoms with Crippen LogP contribution in [0.25, 0.3) is 5.69 Å². The summed E-state index contributed by atoms with van der Waals surface area (Å²) in [7, 11) is 0. The molecule has 10 heteroatoms. The lowest BCUT2D eigenvalue weighted by molar-refractivity contribution is -0.275. The van der Waals surface area contributed by atoms with Gasteiger partial charge in [0.15, 0.2) is 0 Å². The van der Waals surface area contributed by atoms with E-state index in [1.54, 1.807) is 22.9 Å². The Morgan fingerprint density at radius 3 is 2.41 bits per heavy atom. The summed E-state index contributed by atoms with van der Waals surface area (Å²) in [5, 5.41) is 8.00. The van der Waals surface area contributed by atoms with Gasteiger partial charge in [-0.3, -0.25) is 0 Å². The summed E-state index contributed by atoms with van der Waals surface area (Å²) in [6.07, 6.45) is -2.30. The number of aryl methyl sites for hydroxylation is 1. The Kier molecular flexibility index (Phi) is 4.78. The van der Waals surface area contributed by atoms with Crippen LogP contribution < -0.4 is 0 Å². The van der Waals surface area contributed by atoms with E-state index in [4.69, 9.17) is 28.0 Å². The highest BCUT2D eigenvalue weighted by molar-refractivity contribution is 6.34. The molecule has 0 aliphatic carbocycles. The van der Waals surface area contributed by atoms with Gasteiger partial charge in [0.2, 0.25) is 0 Å². The highest BCUT2D eigenvalue weighted by Crippen LogP contribution is 2.49. The van der Waals surface area contributed by atoms with E-state index in [9.17, 15) is 13.2 Å². The maximum absolute atomic E-state index is 14.1. The van der Waals surface area contributed by atoms with Gasteiger partial charge in [0.25, 0.3) is 5.60 Å². The molecule has 1 atom stereocenters. The smallest absolute Gasteiger partial charge is 0.374 e.